The van der Waals surface area contributed by atoms with E-state index in [0.29, 0.717) is 34.2 Å². The molecule has 2 amide bonds. The van der Waals surface area contributed by atoms with Crippen molar-refractivity contribution in [2.24, 2.45) is 0 Å². The van der Waals surface area contributed by atoms with E-state index in [1.807, 2.05) is 0 Å². The number of hydrogen-bond donors (Lipinski definition) is 1. The zero-order valence-electron chi connectivity index (χ0n) is 23.3. The third-order valence-electron chi connectivity index (χ3n) is 6.93. The van der Waals surface area contributed by atoms with Gasteiger partial charge >= 0.3 is 0 Å². The molecule has 0 aromatic heterocycles. The smallest absolute Gasteiger partial charge is 0.258 e. The molecule has 0 saturated heterocycles. The average Bonchev–Trinajstić information content (AvgIpc) is 3.10. The van der Waals surface area contributed by atoms with Gasteiger partial charge in [0.1, 0.15) is 11.5 Å². The molecular formula is C31H28N2O8S. The van der Waals surface area contributed by atoms with E-state index in [1.54, 1.807) is 55.6 Å². The van der Waals surface area contributed by atoms with Crippen molar-refractivity contribution in [2.75, 3.05) is 38.7 Å². The molecule has 4 aromatic rings. The zero-order chi connectivity index (χ0) is 30.0. The molecule has 0 aliphatic carbocycles. The number of ether oxygens (including phenoxy) is 4. The van der Waals surface area contributed by atoms with Gasteiger partial charge in [-0.1, -0.05) is 12.1 Å². The van der Waals surface area contributed by atoms with Crippen LogP contribution >= 0.6 is 0 Å². The number of nitrogens with zero attached hydrogens (tertiary/aromatic N) is 1. The SMILES string of the molecule is COc1ccc(CN(C(=O)c2ccc3c(c2)NC(=O)c2ccccc2S3(=O)=O)c2ccc(OC)c(OC)c2)c(OC)c1. The molecule has 5 rings (SSSR count). The number of carbonyl (C=O) groups excluding carboxylic acids is 2. The summed E-state index contributed by atoms with van der Waals surface area (Å²) in [6, 6.07) is 20.4. The number of sulfone groups is 1. The molecule has 0 bridgehead atoms. The van der Waals surface area contributed by atoms with E-state index in [1.165, 1.54) is 56.6 Å². The van der Waals surface area contributed by atoms with Gasteiger partial charge in [-0.05, 0) is 54.6 Å². The lowest BCUT2D eigenvalue weighted by atomic mass is 10.1. The fraction of sp³-hybridized carbons (Fsp3) is 0.161. The molecule has 1 heterocycles. The first-order chi connectivity index (χ1) is 20.2. The summed E-state index contributed by atoms with van der Waals surface area (Å²) in [5.74, 6) is 0.934. The van der Waals surface area contributed by atoms with E-state index in [-0.39, 0.29) is 33.2 Å². The molecule has 10 nitrogen and oxygen atoms in total. The molecule has 11 heteroatoms. The zero-order valence-corrected chi connectivity index (χ0v) is 24.2. The number of anilines is 2. The van der Waals surface area contributed by atoms with Crippen molar-refractivity contribution in [1.82, 2.24) is 0 Å². The third-order valence-corrected chi connectivity index (χ3v) is 8.80. The van der Waals surface area contributed by atoms with Crippen molar-refractivity contribution in [2.45, 2.75) is 16.3 Å². The first kappa shape index (κ1) is 28.5. The second-order valence-corrected chi connectivity index (χ2v) is 11.2. The highest BCUT2D eigenvalue weighted by Crippen LogP contribution is 2.37. The number of fused-ring (bicyclic) bond motifs is 2. The van der Waals surface area contributed by atoms with Crippen LogP contribution in [0.2, 0.25) is 0 Å². The van der Waals surface area contributed by atoms with E-state index in [4.69, 9.17) is 18.9 Å². The molecule has 0 atom stereocenters. The highest BCUT2D eigenvalue weighted by molar-refractivity contribution is 7.91. The maximum atomic E-state index is 14.2. The van der Waals surface area contributed by atoms with E-state index in [2.05, 4.69) is 5.32 Å². The summed E-state index contributed by atoms with van der Waals surface area (Å²) >= 11 is 0. The largest absolute Gasteiger partial charge is 0.497 e. The van der Waals surface area contributed by atoms with Crippen molar-refractivity contribution in [3.8, 4) is 23.0 Å². The summed E-state index contributed by atoms with van der Waals surface area (Å²) in [7, 11) is 2.04. The van der Waals surface area contributed by atoms with Gasteiger partial charge in [-0.25, -0.2) is 8.42 Å². The highest BCUT2D eigenvalue weighted by atomic mass is 32.2. The van der Waals surface area contributed by atoms with Gasteiger partial charge in [0.15, 0.2) is 11.5 Å². The molecule has 0 spiro atoms. The van der Waals surface area contributed by atoms with E-state index in [0.717, 1.165) is 0 Å². The van der Waals surface area contributed by atoms with Gasteiger partial charge in [-0.15, -0.1) is 0 Å². The lowest BCUT2D eigenvalue weighted by Crippen LogP contribution is -2.31. The molecule has 0 unspecified atom stereocenters. The maximum absolute atomic E-state index is 14.2. The minimum Gasteiger partial charge on any atom is -0.497 e. The van der Waals surface area contributed by atoms with Gasteiger partial charge in [-0.2, -0.15) is 0 Å². The van der Waals surface area contributed by atoms with Gasteiger partial charge in [0.05, 0.1) is 56.0 Å². The minimum absolute atomic E-state index is 0.0105. The second kappa shape index (κ2) is 11.5. The summed E-state index contributed by atoms with van der Waals surface area (Å²) in [6.45, 7) is 0.0780. The van der Waals surface area contributed by atoms with Crippen LogP contribution in [0.15, 0.2) is 88.7 Å². The Labute approximate surface area is 243 Å². The number of methoxy groups -OCH3 is 4. The van der Waals surface area contributed by atoms with Crippen molar-refractivity contribution in [3.05, 3.63) is 95.6 Å². The summed E-state index contributed by atoms with van der Waals surface area (Å²) in [5, 5.41) is 2.66. The number of amides is 2. The maximum Gasteiger partial charge on any atom is 0.258 e. The molecule has 1 aliphatic rings. The Kier molecular flexibility index (Phi) is 7.77. The van der Waals surface area contributed by atoms with E-state index in [9.17, 15) is 18.0 Å². The van der Waals surface area contributed by atoms with E-state index >= 15 is 0 Å². The lowest BCUT2D eigenvalue weighted by molar-refractivity contribution is 0.0982. The number of carbonyl (C=O) groups is 2. The molecule has 4 aromatic carbocycles. The number of benzene rings is 4. The molecule has 1 N–H and O–H groups in total. The van der Waals surface area contributed by atoms with Gasteiger partial charge in [0.25, 0.3) is 11.8 Å². The van der Waals surface area contributed by atoms with Crippen molar-refractivity contribution in [1.29, 1.82) is 0 Å². The topological polar surface area (TPSA) is 120 Å². The first-order valence-electron chi connectivity index (χ1n) is 12.8. The summed E-state index contributed by atoms with van der Waals surface area (Å²) < 4.78 is 48.6. The Bertz CT molecular complexity index is 1800. The first-order valence-corrected chi connectivity index (χ1v) is 14.2. The molecule has 0 saturated carbocycles. The number of rotatable bonds is 8. The van der Waals surface area contributed by atoms with Crippen LogP contribution < -0.4 is 29.2 Å². The van der Waals surface area contributed by atoms with E-state index < -0.39 is 21.7 Å². The monoisotopic (exact) mass is 588 g/mol. The van der Waals surface area contributed by atoms with Crippen LogP contribution in [0, 0.1) is 0 Å². The lowest BCUT2D eigenvalue weighted by Gasteiger charge is -2.25. The second-order valence-electron chi connectivity index (χ2n) is 9.27. The van der Waals surface area contributed by atoms with Crippen molar-refractivity contribution in [3.63, 3.8) is 0 Å². The van der Waals surface area contributed by atoms with Gasteiger partial charge < -0.3 is 29.2 Å². The normalized spacial score (nSPS) is 13.1. The predicted molar refractivity (Wildman–Crippen MR) is 156 cm³/mol. The predicted octanol–water partition coefficient (Wildman–Crippen LogP) is 4.97. The molecule has 0 radical (unpaired) electrons. The van der Waals surface area contributed by atoms with Crippen molar-refractivity contribution >= 4 is 33.0 Å². The Hall–Kier alpha value is -5.03. The molecule has 216 valence electrons. The van der Waals surface area contributed by atoms with Gasteiger partial charge in [-0.3, -0.25) is 9.59 Å². The average molecular weight is 589 g/mol. The standard InChI is InChI=1S/C31H28N2O8S/c1-38-22-12-9-20(26(17-22)40-3)18-33(21-11-13-25(39-2)27(16-21)41-4)31(35)19-10-14-29-24(15-19)32-30(34)23-7-5-6-8-28(23)42(29,36)37/h5-17H,18H2,1-4H3,(H,32,34). The van der Waals surface area contributed by atoms with Crippen LogP contribution in [-0.2, 0) is 16.4 Å². The van der Waals surface area contributed by atoms with Crippen LogP contribution in [0.25, 0.3) is 0 Å². The third kappa shape index (κ3) is 5.10. The quantitative estimate of drug-likeness (QED) is 0.307. The molecular weight excluding hydrogens is 560 g/mol. The Morgan fingerprint density at radius 3 is 2.21 bits per heavy atom. The Morgan fingerprint density at radius 1 is 0.762 bits per heavy atom. The summed E-state index contributed by atoms with van der Waals surface area (Å²) in [4.78, 5) is 28.4. The van der Waals surface area contributed by atoms with Crippen LogP contribution in [0.3, 0.4) is 0 Å². The van der Waals surface area contributed by atoms with Gasteiger partial charge in [0, 0.05) is 28.9 Å². The van der Waals surface area contributed by atoms with Crippen LogP contribution in [0.4, 0.5) is 11.4 Å². The van der Waals surface area contributed by atoms with Crippen LogP contribution in [-0.4, -0.2) is 48.7 Å². The molecule has 0 fully saturated rings. The minimum atomic E-state index is -4.03. The van der Waals surface area contributed by atoms with Crippen molar-refractivity contribution < 1.29 is 37.0 Å². The van der Waals surface area contributed by atoms with Gasteiger partial charge in [0.2, 0.25) is 9.84 Å². The molecule has 42 heavy (non-hydrogen) atoms. The van der Waals surface area contributed by atoms with Crippen LogP contribution in [0.1, 0.15) is 26.3 Å². The highest BCUT2D eigenvalue weighted by Gasteiger charge is 2.32. The van der Waals surface area contributed by atoms with Crippen LogP contribution in [0.5, 0.6) is 23.0 Å². The Balaban J connectivity index is 1.61. The summed E-state index contributed by atoms with van der Waals surface area (Å²) in [5.41, 5.74) is 1.35. The molecule has 1 aliphatic heterocycles. The number of nitrogens with one attached hydrogen (secondary N) is 1. The fourth-order valence-electron chi connectivity index (χ4n) is 4.77. The Morgan fingerprint density at radius 2 is 1.50 bits per heavy atom. The number of hydrogen-bond acceptors (Lipinski definition) is 8. The summed E-state index contributed by atoms with van der Waals surface area (Å²) in [6.07, 6.45) is 0. The fourth-order valence-corrected chi connectivity index (χ4v) is 6.37.